The molecule has 1 amide bonds. The van der Waals surface area contributed by atoms with Crippen LogP contribution >= 0.6 is 11.3 Å². The topological polar surface area (TPSA) is 55.4 Å². The molecule has 1 N–H and O–H groups in total. The lowest BCUT2D eigenvalue weighted by atomic mass is 10.1. The number of amides is 1. The molecule has 0 unspecified atom stereocenters. The van der Waals surface area contributed by atoms with Gasteiger partial charge >= 0.3 is 0 Å². The molecule has 0 spiro atoms. The van der Waals surface area contributed by atoms with E-state index in [2.05, 4.69) is 5.32 Å². The summed E-state index contributed by atoms with van der Waals surface area (Å²) in [4.78, 5) is 24.8. The molecule has 24 heavy (non-hydrogen) atoms. The zero-order valence-corrected chi connectivity index (χ0v) is 14.5. The van der Waals surface area contributed by atoms with E-state index in [1.165, 1.54) is 11.3 Å². The Morgan fingerprint density at radius 1 is 1.08 bits per heavy atom. The first kappa shape index (κ1) is 16.5. The summed E-state index contributed by atoms with van der Waals surface area (Å²) in [5.74, 6) is 0.592. The predicted octanol–water partition coefficient (Wildman–Crippen LogP) is 3.95. The summed E-state index contributed by atoms with van der Waals surface area (Å²) in [6, 6.07) is 10.8. The van der Waals surface area contributed by atoms with Crippen LogP contribution in [0.3, 0.4) is 0 Å². The number of hydrogen-bond acceptors (Lipinski definition) is 4. The van der Waals surface area contributed by atoms with E-state index < -0.39 is 0 Å². The van der Waals surface area contributed by atoms with E-state index >= 15 is 0 Å². The van der Waals surface area contributed by atoms with Crippen LogP contribution in [0.4, 0.5) is 0 Å². The van der Waals surface area contributed by atoms with Gasteiger partial charge in [-0.3, -0.25) is 9.59 Å². The molecule has 0 aliphatic rings. The van der Waals surface area contributed by atoms with E-state index in [-0.39, 0.29) is 11.3 Å². The molecule has 0 saturated carbocycles. The van der Waals surface area contributed by atoms with Crippen LogP contribution in [0.15, 0.2) is 41.2 Å². The van der Waals surface area contributed by atoms with Gasteiger partial charge in [-0.1, -0.05) is 6.92 Å². The van der Waals surface area contributed by atoms with Crippen LogP contribution in [0.5, 0.6) is 5.75 Å². The molecule has 0 bridgehead atoms. The maximum atomic E-state index is 12.8. The third kappa shape index (κ3) is 3.12. The third-order valence-corrected chi connectivity index (χ3v) is 4.85. The van der Waals surface area contributed by atoms with Gasteiger partial charge in [0.15, 0.2) is 5.43 Å². The fourth-order valence-corrected chi connectivity index (χ4v) is 3.64. The molecule has 0 radical (unpaired) electrons. The molecule has 4 nitrogen and oxygen atoms in total. The lowest BCUT2D eigenvalue weighted by molar-refractivity contribution is 0.0956. The number of benzene rings is 2. The van der Waals surface area contributed by atoms with Crippen LogP contribution in [0.2, 0.25) is 0 Å². The van der Waals surface area contributed by atoms with Crippen LogP contribution in [0, 0.1) is 0 Å². The standard InChI is InChI=1S/C19H19NO3S/c1-3-9-23-13-6-8-16-15(11-13)18(21)14-7-5-12(10-17(14)24-16)19(22)20-4-2/h5-8,10-11H,3-4,9H2,1-2H3,(H,20,22). The maximum absolute atomic E-state index is 12.8. The molecule has 124 valence electrons. The van der Waals surface area contributed by atoms with Crippen molar-refractivity contribution in [2.24, 2.45) is 0 Å². The minimum Gasteiger partial charge on any atom is -0.494 e. The van der Waals surface area contributed by atoms with Crippen molar-refractivity contribution in [1.82, 2.24) is 5.32 Å². The molecule has 0 aliphatic heterocycles. The van der Waals surface area contributed by atoms with Crippen molar-refractivity contribution in [3.05, 3.63) is 52.2 Å². The minimum atomic E-state index is -0.123. The fourth-order valence-electron chi connectivity index (χ4n) is 2.55. The number of carbonyl (C=O) groups is 1. The summed E-state index contributed by atoms with van der Waals surface area (Å²) in [5.41, 5.74) is 0.547. The zero-order valence-electron chi connectivity index (χ0n) is 13.7. The van der Waals surface area contributed by atoms with Gasteiger partial charge in [0.05, 0.1) is 6.61 Å². The molecule has 0 atom stereocenters. The molecule has 1 aromatic heterocycles. The number of nitrogens with one attached hydrogen (secondary N) is 1. The van der Waals surface area contributed by atoms with Crippen LogP contribution in [-0.4, -0.2) is 19.1 Å². The van der Waals surface area contributed by atoms with Crippen molar-refractivity contribution < 1.29 is 9.53 Å². The maximum Gasteiger partial charge on any atom is 0.251 e. The summed E-state index contributed by atoms with van der Waals surface area (Å²) >= 11 is 1.51. The highest BCUT2D eigenvalue weighted by Crippen LogP contribution is 2.28. The molecular formula is C19H19NO3S. The molecule has 3 rings (SSSR count). The average molecular weight is 341 g/mol. The number of ether oxygens (including phenoxy) is 1. The fraction of sp³-hybridized carbons (Fsp3) is 0.263. The number of carbonyl (C=O) groups excluding carboxylic acids is 1. The van der Waals surface area contributed by atoms with Crippen molar-refractivity contribution in [3.8, 4) is 5.75 Å². The number of rotatable bonds is 5. The molecule has 1 heterocycles. The van der Waals surface area contributed by atoms with Crippen molar-refractivity contribution in [3.63, 3.8) is 0 Å². The summed E-state index contributed by atoms with van der Waals surface area (Å²) in [6.07, 6.45) is 0.922. The van der Waals surface area contributed by atoms with Gasteiger partial charge in [-0.25, -0.2) is 0 Å². The van der Waals surface area contributed by atoms with Crippen molar-refractivity contribution >= 4 is 37.4 Å². The van der Waals surface area contributed by atoms with E-state index in [1.807, 2.05) is 26.0 Å². The molecule has 3 aromatic rings. The normalized spacial score (nSPS) is 10.9. The second-order valence-corrected chi connectivity index (χ2v) is 6.59. The monoisotopic (exact) mass is 341 g/mol. The lowest BCUT2D eigenvalue weighted by Crippen LogP contribution is -2.22. The average Bonchev–Trinajstić information content (AvgIpc) is 2.60. The van der Waals surface area contributed by atoms with Crippen molar-refractivity contribution in [2.75, 3.05) is 13.2 Å². The highest BCUT2D eigenvalue weighted by molar-refractivity contribution is 7.24. The Morgan fingerprint density at radius 3 is 2.67 bits per heavy atom. The van der Waals surface area contributed by atoms with E-state index in [9.17, 15) is 9.59 Å². The Kier molecular flexibility index (Phi) is 4.81. The second-order valence-electron chi connectivity index (χ2n) is 5.51. The van der Waals surface area contributed by atoms with E-state index in [4.69, 9.17) is 4.74 Å². The SMILES string of the molecule is CCCOc1ccc2sc3cc(C(=O)NCC)ccc3c(=O)c2c1. The molecule has 2 aromatic carbocycles. The Hall–Kier alpha value is -2.40. The predicted molar refractivity (Wildman–Crippen MR) is 99.4 cm³/mol. The summed E-state index contributed by atoms with van der Waals surface area (Å²) in [5, 5.41) is 4.07. The van der Waals surface area contributed by atoms with Crippen LogP contribution < -0.4 is 15.5 Å². The van der Waals surface area contributed by atoms with Crippen LogP contribution in [0.25, 0.3) is 20.2 Å². The minimum absolute atomic E-state index is 0.0249. The lowest BCUT2D eigenvalue weighted by Gasteiger charge is -2.07. The van der Waals surface area contributed by atoms with Gasteiger partial charge in [0, 0.05) is 32.3 Å². The van der Waals surface area contributed by atoms with Crippen molar-refractivity contribution in [2.45, 2.75) is 20.3 Å². The van der Waals surface area contributed by atoms with E-state index in [0.717, 1.165) is 15.8 Å². The highest BCUT2D eigenvalue weighted by atomic mass is 32.1. The van der Waals surface area contributed by atoms with Gasteiger partial charge < -0.3 is 10.1 Å². The number of fused-ring (bicyclic) bond motifs is 2. The van der Waals surface area contributed by atoms with Crippen LogP contribution in [-0.2, 0) is 0 Å². The zero-order chi connectivity index (χ0) is 17.1. The largest absolute Gasteiger partial charge is 0.494 e. The first-order valence-electron chi connectivity index (χ1n) is 8.05. The van der Waals surface area contributed by atoms with Gasteiger partial charge in [-0.05, 0) is 49.7 Å². The van der Waals surface area contributed by atoms with Gasteiger partial charge in [0.25, 0.3) is 5.91 Å². The Balaban J connectivity index is 2.12. The van der Waals surface area contributed by atoms with Crippen molar-refractivity contribution in [1.29, 1.82) is 0 Å². The molecule has 0 fully saturated rings. The molecule has 5 heteroatoms. The second kappa shape index (κ2) is 7.01. The van der Waals surface area contributed by atoms with E-state index in [0.29, 0.717) is 35.2 Å². The smallest absolute Gasteiger partial charge is 0.251 e. The Morgan fingerprint density at radius 2 is 1.92 bits per heavy atom. The number of hydrogen-bond donors (Lipinski definition) is 1. The van der Waals surface area contributed by atoms with Gasteiger partial charge in [-0.2, -0.15) is 0 Å². The quantitative estimate of drug-likeness (QED) is 0.715. The highest BCUT2D eigenvalue weighted by Gasteiger charge is 2.10. The molecule has 0 aliphatic carbocycles. The Bertz CT molecular complexity index is 962. The van der Waals surface area contributed by atoms with E-state index in [1.54, 1.807) is 24.3 Å². The Labute approximate surface area is 144 Å². The summed E-state index contributed by atoms with van der Waals surface area (Å²) < 4.78 is 7.33. The van der Waals surface area contributed by atoms with Gasteiger partial charge in [-0.15, -0.1) is 11.3 Å². The molecular weight excluding hydrogens is 322 g/mol. The first-order valence-corrected chi connectivity index (χ1v) is 8.87. The summed E-state index contributed by atoms with van der Waals surface area (Å²) in [6.45, 7) is 5.13. The third-order valence-electron chi connectivity index (χ3n) is 3.71. The van der Waals surface area contributed by atoms with Crippen LogP contribution in [0.1, 0.15) is 30.6 Å². The van der Waals surface area contributed by atoms with Gasteiger partial charge in [0.1, 0.15) is 5.75 Å². The summed E-state index contributed by atoms with van der Waals surface area (Å²) in [7, 11) is 0. The first-order chi connectivity index (χ1) is 11.6. The van der Waals surface area contributed by atoms with Gasteiger partial charge in [0.2, 0.25) is 0 Å². The molecule has 0 saturated heterocycles.